The number of hydrogen-bond acceptors (Lipinski definition) is 5. The molecule has 5 heterocycles. The highest BCUT2D eigenvalue weighted by Gasteiger charge is 2.45. The summed E-state index contributed by atoms with van der Waals surface area (Å²) in [6.45, 7) is 3.93. The van der Waals surface area contributed by atoms with Gasteiger partial charge in [-0.15, -0.1) is 6.42 Å². The predicted molar refractivity (Wildman–Crippen MR) is 92.9 cm³/mol. The van der Waals surface area contributed by atoms with E-state index in [4.69, 9.17) is 16.1 Å². The van der Waals surface area contributed by atoms with E-state index in [2.05, 4.69) is 26.8 Å². The Bertz CT molecular complexity index is 812. The lowest BCUT2D eigenvalue weighted by Gasteiger charge is -2.48. The molecule has 5 rings (SSSR count). The molecular formula is C19H20N4O. The molecule has 0 aromatic carbocycles. The molecule has 3 aliphatic heterocycles. The number of ether oxygens (including phenoxy) is 1. The largest absolute Gasteiger partial charge is 0.378 e. The smallest absolute Gasteiger partial charge is 0.129 e. The third kappa shape index (κ3) is 2.18. The highest BCUT2D eigenvalue weighted by molar-refractivity contribution is 5.77. The van der Waals surface area contributed by atoms with Crippen molar-refractivity contribution in [2.75, 3.05) is 31.2 Å². The van der Waals surface area contributed by atoms with Gasteiger partial charge in [0.05, 0.1) is 30.3 Å². The van der Waals surface area contributed by atoms with Gasteiger partial charge < -0.3 is 9.64 Å². The molecule has 3 saturated heterocycles. The van der Waals surface area contributed by atoms with E-state index in [0.29, 0.717) is 23.8 Å². The normalized spacial score (nSPS) is 27.2. The summed E-state index contributed by atoms with van der Waals surface area (Å²) in [5, 5.41) is 0. The van der Waals surface area contributed by atoms with Crippen LogP contribution in [0.3, 0.4) is 0 Å². The molecule has 122 valence electrons. The third-order valence-corrected chi connectivity index (χ3v) is 5.58. The van der Waals surface area contributed by atoms with Gasteiger partial charge in [0.25, 0.3) is 0 Å². The summed E-state index contributed by atoms with van der Waals surface area (Å²) in [4.78, 5) is 14.4. The van der Waals surface area contributed by atoms with Crippen LogP contribution in [0, 0.1) is 12.3 Å². The van der Waals surface area contributed by atoms with Crippen LogP contribution in [0.15, 0.2) is 24.3 Å². The number of aromatic nitrogens is 2. The maximum atomic E-state index is 5.42. The maximum Gasteiger partial charge on any atom is 0.129 e. The molecule has 2 unspecified atom stereocenters. The van der Waals surface area contributed by atoms with Crippen molar-refractivity contribution in [3.05, 3.63) is 30.0 Å². The van der Waals surface area contributed by atoms with Crippen molar-refractivity contribution in [1.29, 1.82) is 0 Å². The number of terminal acetylenes is 1. The fourth-order valence-corrected chi connectivity index (χ4v) is 4.37. The van der Waals surface area contributed by atoms with Crippen molar-refractivity contribution in [3.8, 4) is 12.3 Å². The van der Waals surface area contributed by atoms with E-state index in [1.807, 2.05) is 18.2 Å². The average molecular weight is 320 g/mol. The first-order valence-corrected chi connectivity index (χ1v) is 8.66. The van der Waals surface area contributed by atoms with Crippen molar-refractivity contribution in [1.82, 2.24) is 14.9 Å². The fourth-order valence-electron chi connectivity index (χ4n) is 4.37. The molecule has 24 heavy (non-hydrogen) atoms. The van der Waals surface area contributed by atoms with Crippen LogP contribution in [0.5, 0.6) is 0 Å². The molecular weight excluding hydrogens is 300 g/mol. The Kier molecular flexibility index (Phi) is 3.22. The minimum atomic E-state index is 0.636. The van der Waals surface area contributed by atoms with Gasteiger partial charge in [0.1, 0.15) is 11.5 Å². The second-order valence-corrected chi connectivity index (χ2v) is 6.98. The first kappa shape index (κ1) is 14.2. The average Bonchev–Trinajstić information content (AvgIpc) is 2.81. The summed E-state index contributed by atoms with van der Waals surface area (Å²) in [6.07, 6.45) is 8.00. The predicted octanol–water partition coefficient (Wildman–Crippen LogP) is 1.66. The van der Waals surface area contributed by atoms with Crippen LogP contribution in [-0.4, -0.2) is 59.3 Å². The van der Waals surface area contributed by atoms with Gasteiger partial charge in [-0.1, -0.05) is 5.92 Å². The van der Waals surface area contributed by atoms with Crippen LogP contribution >= 0.6 is 0 Å². The van der Waals surface area contributed by atoms with Crippen LogP contribution < -0.4 is 4.90 Å². The molecule has 0 N–H and O–H groups in total. The Morgan fingerprint density at radius 2 is 1.67 bits per heavy atom. The highest BCUT2D eigenvalue weighted by atomic mass is 16.5. The molecule has 2 aromatic heterocycles. The first-order chi connectivity index (χ1) is 11.8. The van der Waals surface area contributed by atoms with E-state index in [1.165, 1.54) is 12.8 Å². The van der Waals surface area contributed by atoms with Gasteiger partial charge in [0, 0.05) is 25.2 Å². The van der Waals surface area contributed by atoms with Gasteiger partial charge in [-0.2, -0.15) is 0 Å². The summed E-state index contributed by atoms with van der Waals surface area (Å²) >= 11 is 0. The molecule has 0 saturated carbocycles. The number of hydrogen-bond donors (Lipinski definition) is 0. The lowest BCUT2D eigenvalue weighted by atomic mass is 10.1. The van der Waals surface area contributed by atoms with Crippen molar-refractivity contribution < 1.29 is 4.74 Å². The summed E-state index contributed by atoms with van der Waals surface area (Å²) < 4.78 is 5.40. The standard InChI is InChI=1S/C19H20N4O/c1-2-13-3-6-18-17(20-13)7-8-19(21-18)22-9-14-4-5-15(10-22)23(14)16-11-24-12-16/h1,3,6-8,14-16H,4-5,9-12H2. The van der Waals surface area contributed by atoms with E-state index < -0.39 is 0 Å². The second-order valence-electron chi connectivity index (χ2n) is 6.98. The maximum absolute atomic E-state index is 5.42. The number of pyridine rings is 2. The number of nitrogens with zero attached hydrogens (tertiary/aromatic N) is 4. The van der Waals surface area contributed by atoms with Crippen LogP contribution in [0.4, 0.5) is 5.82 Å². The Labute approximate surface area is 141 Å². The molecule has 3 fully saturated rings. The number of piperazine rings is 1. The molecule has 5 nitrogen and oxygen atoms in total. The number of fused-ring (bicyclic) bond motifs is 3. The summed E-state index contributed by atoms with van der Waals surface area (Å²) in [6, 6.07) is 9.85. The SMILES string of the molecule is C#Cc1ccc2nc(N3CC4CCC(C3)N4C3COC3)ccc2n1. The highest BCUT2D eigenvalue weighted by Crippen LogP contribution is 2.35. The zero-order valence-corrected chi connectivity index (χ0v) is 13.6. The van der Waals surface area contributed by atoms with E-state index in [-0.39, 0.29) is 0 Å². The lowest BCUT2D eigenvalue weighted by molar-refractivity contribution is -0.0850. The Hall–Kier alpha value is -2.16. The molecule has 0 amide bonds. The van der Waals surface area contributed by atoms with Gasteiger partial charge in [-0.05, 0) is 37.1 Å². The van der Waals surface area contributed by atoms with Crippen molar-refractivity contribution >= 4 is 16.9 Å². The monoisotopic (exact) mass is 320 g/mol. The van der Waals surface area contributed by atoms with Crippen molar-refractivity contribution in [2.24, 2.45) is 0 Å². The van der Waals surface area contributed by atoms with Gasteiger partial charge >= 0.3 is 0 Å². The van der Waals surface area contributed by atoms with E-state index in [1.54, 1.807) is 0 Å². The van der Waals surface area contributed by atoms with Crippen LogP contribution in [0.1, 0.15) is 18.5 Å². The quantitative estimate of drug-likeness (QED) is 0.787. The van der Waals surface area contributed by atoms with Gasteiger partial charge in [-0.25, -0.2) is 9.97 Å². The Morgan fingerprint density at radius 3 is 2.33 bits per heavy atom. The first-order valence-electron chi connectivity index (χ1n) is 8.66. The lowest BCUT2D eigenvalue weighted by Crippen LogP contribution is -2.62. The van der Waals surface area contributed by atoms with Crippen molar-refractivity contribution in [3.63, 3.8) is 0 Å². The number of rotatable bonds is 2. The topological polar surface area (TPSA) is 41.5 Å². The van der Waals surface area contributed by atoms with Crippen LogP contribution in [-0.2, 0) is 4.74 Å². The summed E-state index contributed by atoms with van der Waals surface area (Å²) in [7, 11) is 0. The van der Waals surface area contributed by atoms with Crippen LogP contribution in [0.25, 0.3) is 11.0 Å². The zero-order valence-electron chi connectivity index (χ0n) is 13.6. The molecule has 2 aromatic rings. The second kappa shape index (κ2) is 5.44. The van der Waals surface area contributed by atoms with Gasteiger partial charge in [0.15, 0.2) is 0 Å². The molecule has 5 heteroatoms. The third-order valence-electron chi connectivity index (χ3n) is 5.58. The van der Waals surface area contributed by atoms with Gasteiger partial charge in [-0.3, -0.25) is 4.90 Å². The zero-order chi connectivity index (χ0) is 16.1. The summed E-state index contributed by atoms with van der Waals surface area (Å²) in [5.74, 6) is 3.63. The van der Waals surface area contributed by atoms with Gasteiger partial charge in [0.2, 0.25) is 0 Å². The fraction of sp³-hybridized carbons (Fsp3) is 0.474. The molecule has 2 atom stereocenters. The molecule has 3 aliphatic rings. The summed E-state index contributed by atoms with van der Waals surface area (Å²) in [5.41, 5.74) is 2.43. The number of anilines is 1. The molecule has 0 radical (unpaired) electrons. The van der Waals surface area contributed by atoms with Crippen molar-refractivity contribution in [2.45, 2.75) is 31.0 Å². The van der Waals surface area contributed by atoms with E-state index >= 15 is 0 Å². The Morgan fingerprint density at radius 1 is 0.958 bits per heavy atom. The minimum Gasteiger partial charge on any atom is -0.378 e. The molecule has 0 aliphatic carbocycles. The van der Waals surface area contributed by atoms with E-state index in [9.17, 15) is 0 Å². The molecule has 0 spiro atoms. The molecule has 2 bridgehead atoms. The van der Waals surface area contributed by atoms with E-state index in [0.717, 1.165) is 43.2 Å². The minimum absolute atomic E-state index is 0.636. The van der Waals surface area contributed by atoms with Crippen LogP contribution in [0.2, 0.25) is 0 Å². The Balaban J connectivity index is 1.41.